The van der Waals surface area contributed by atoms with E-state index in [-0.39, 0.29) is 0 Å². The summed E-state index contributed by atoms with van der Waals surface area (Å²) in [7, 11) is 0. The fraction of sp³-hybridized carbons (Fsp3) is 0.688. The summed E-state index contributed by atoms with van der Waals surface area (Å²) in [4.78, 5) is 4.41. The molecular formula is C16H24N2O. The zero-order valence-corrected chi connectivity index (χ0v) is 11.8. The van der Waals surface area contributed by atoms with Crippen molar-refractivity contribution in [3.63, 3.8) is 0 Å². The first-order valence-electron chi connectivity index (χ1n) is 7.67. The number of aromatic nitrogens is 1. The van der Waals surface area contributed by atoms with E-state index in [0.717, 1.165) is 24.0 Å². The number of nitrogens with zero attached hydrogens (tertiary/aromatic N) is 1. The lowest BCUT2D eigenvalue weighted by Gasteiger charge is -2.24. The number of pyridine rings is 1. The quantitative estimate of drug-likeness (QED) is 0.881. The van der Waals surface area contributed by atoms with Gasteiger partial charge >= 0.3 is 0 Å². The van der Waals surface area contributed by atoms with Gasteiger partial charge < -0.3 is 10.1 Å². The molecule has 2 fully saturated rings. The van der Waals surface area contributed by atoms with Crippen LogP contribution in [0.25, 0.3) is 0 Å². The van der Waals surface area contributed by atoms with Crippen LogP contribution < -0.4 is 10.1 Å². The molecule has 2 saturated carbocycles. The van der Waals surface area contributed by atoms with Gasteiger partial charge in [0.25, 0.3) is 0 Å². The van der Waals surface area contributed by atoms with E-state index in [0.29, 0.717) is 6.10 Å². The Morgan fingerprint density at radius 2 is 2.00 bits per heavy atom. The number of aryl methyl sites for hydroxylation is 1. The molecule has 3 nitrogen and oxygen atoms in total. The molecule has 1 N–H and O–H groups in total. The van der Waals surface area contributed by atoms with Gasteiger partial charge in [-0.1, -0.05) is 6.42 Å². The third-order valence-corrected chi connectivity index (χ3v) is 4.08. The van der Waals surface area contributed by atoms with Crippen molar-refractivity contribution in [2.75, 3.05) is 0 Å². The molecule has 0 saturated heterocycles. The van der Waals surface area contributed by atoms with Crippen molar-refractivity contribution in [3.8, 4) is 5.75 Å². The van der Waals surface area contributed by atoms with E-state index in [1.165, 1.54) is 50.5 Å². The van der Waals surface area contributed by atoms with Crippen LogP contribution in [0, 0.1) is 6.92 Å². The molecule has 2 aliphatic carbocycles. The van der Waals surface area contributed by atoms with Crippen LogP contribution in [0.15, 0.2) is 12.3 Å². The summed E-state index contributed by atoms with van der Waals surface area (Å²) in [6.45, 7) is 2.92. The molecule has 1 aromatic heterocycles. The van der Waals surface area contributed by atoms with Gasteiger partial charge in [0.2, 0.25) is 0 Å². The Morgan fingerprint density at radius 3 is 2.74 bits per heavy atom. The lowest BCUT2D eigenvalue weighted by atomic mass is 9.98. The first kappa shape index (κ1) is 12.9. The molecule has 0 amide bonds. The van der Waals surface area contributed by atoms with Gasteiger partial charge in [-0.15, -0.1) is 0 Å². The van der Waals surface area contributed by atoms with E-state index >= 15 is 0 Å². The zero-order chi connectivity index (χ0) is 13.1. The highest BCUT2D eigenvalue weighted by molar-refractivity contribution is 5.33. The Balaban J connectivity index is 1.67. The standard InChI is InChI=1S/C16H24N2O/c1-12-9-16(19-15-5-3-2-4-6-15)13(10-17-12)11-18-14-7-8-14/h9-10,14-15,18H,2-8,11H2,1H3. The van der Waals surface area contributed by atoms with Crippen molar-refractivity contribution in [1.82, 2.24) is 10.3 Å². The third kappa shape index (κ3) is 3.69. The lowest BCUT2D eigenvalue weighted by molar-refractivity contribution is 0.153. The van der Waals surface area contributed by atoms with Crippen LogP contribution in [0.1, 0.15) is 56.2 Å². The number of ether oxygens (including phenoxy) is 1. The summed E-state index contributed by atoms with van der Waals surface area (Å²) >= 11 is 0. The first-order valence-corrected chi connectivity index (χ1v) is 7.67. The third-order valence-electron chi connectivity index (χ3n) is 4.08. The lowest BCUT2D eigenvalue weighted by Crippen LogP contribution is -2.22. The Kier molecular flexibility index (Phi) is 4.02. The van der Waals surface area contributed by atoms with Crippen LogP contribution in [0.3, 0.4) is 0 Å². The maximum atomic E-state index is 6.24. The van der Waals surface area contributed by atoms with Crippen LogP contribution in [-0.4, -0.2) is 17.1 Å². The Labute approximate surface area is 115 Å². The topological polar surface area (TPSA) is 34.1 Å². The van der Waals surface area contributed by atoms with Gasteiger partial charge in [-0.2, -0.15) is 0 Å². The molecule has 0 radical (unpaired) electrons. The fourth-order valence-electron chi connectivity index (χ4n) is 2.71. The molecule has 2 aliphatic rings. The van der Waals surface area contributed by atoms with Gasteiger partial charge in [-0.3, -0.25) is 4.98 Å². The highest BCUT2D eigenvalue weighted by Crippen LogP contribution is 2.27. The smallest absolute Gasteiger partial charge is 0.127 e. The van der Waals surface area contributed by atoms with Gasteiger partial charge in [0, 0.05) is 36.1 Å². The number of rotatable bonds is 5. The average molecular weight is 260 g/mol. The molecule has 1 heterocycles. The van der Waals surface area contributed by atoms with Crippen molar-refractivity contribution in [3.05, 3.63) is 23.5 Å². The van der Waals surface area contributed by atoms with Crippen LogP contribution >= 0.6 is 0 Å². The molecule has 3 rings (SSSR count). The number of nitrogens with one attached hydrogen (secondary N) is 1. The minimum absolute atomic E-state index is 0.412. The Bertz CT molecular complexity index is 423. The summed E-state index contributed by atoms with van der Waals surface area (Å²) < 4.78 is 6.24. The number of hydrogen-bond acceptors (Lipinski definition) is 3. The van der Waals surface area contributed by atoms with E-state index in [1.54, 1.807) is 0 Å². The second-order valence-electron chi connectivity index (χ2n) is 5.97. The molecule has 0 aromatic carbocycles. The molecule has 1 aromatic rings. The molecule has 104 valence electrons. The fourth-order valence-corrected chi connectivity index (χ4v) is 2.71. The zero-order valence-electron chi connectivity index (χ0n) is 11.8. The minimum Gasteiger partial charge on any atom is -0.490 e. The molecule has 0 bridgehead atoms. The average Bonchev–Trinajstić information content (AvgIpc) is 3.23. The maximum Gasteiger partial charge on any atom is 0.127 e. The largest absolute Gasteiger partial charge is 0.490 e. The molecule has 0 aliphatic heterocycles. The Morgan fingerprint density at radius 1 is 1.21 bits per heavy atom. The second kappa shape index (κ2) is 5.91. The van der Waals surface area contributed by atoms with Gasteiger partial charge in [0.1, 0.15) is 5.75 Å². The van der Waals surface area contributed by atoms with E-state index < -0.39 is 0 Å². The molecule has 3 heteroatoms. The predicted octanol–water partition coefficient (Wildman–Crippen LogP) is 3.35. The molecule has 0 atom stereocenters. The van der Waals surface area contributed by atoms with E-state index in [4.69, 9.17) is 4.74 Å². The predicted molar refractivity (Wildman–Crippen MR) is 76.3 cm³/mol. The van der Waals surface area contributed by atoms with Gasteiger partial charge in [-0.05, 0) is 45.4 Å². The summed E-state index contributed by atoms with van der Waals surface area (Å²) in [5, 5.41) is 3.55. The van der Waals surface area contributed by atoms with Crippen molar-refractivity contribution in [2.24, 2.45) is 0 Å². The highest BCUT2D eigenvalue weighted by Gasteiger charge is 2.21. The normalized spacial score (nSPS) is 20.5. The van der Waals surface area contributed by atoms with Crippen LogP contribution in [0.2, 0.25) is 0 Å². The SMILES string of the molecule is Cc1cc(OC2CCCCC2)c(CNC2CC2)cn1. The van der Waals surface area contributed by atoms with Crippen molar-refractivity contribution >= 4 is 0 Å². The second-order valence-corrected chi connectivity index (χ2v) is 5.97. The van der Waals surface area contributed by atoms with Crippen LogP contribution in [0.4, 0.5) is 0 Å². The first-order chi connectivity index (χ1) is 9.31. The minimum atomic E-state index is 0.412. The highest BCUT2D eigenvalue weighted by atomic mass is 16.5. The summed E-state index contributed by atoms with van der Waals surface area (Å²) in [6.07, 6.45) is 11.4. The van der Waals surface area contributed by atoms with Crippen LogP contribution in [0.5, 0.6) is 5.75 Å². The summed E-state index contributed by atoms with van der Waals surface area (Å²) in [5.41, 5.74) is 2.25. The molecule has 0 spiro atoms. The maximum absolute atomic E-state index is 6.24. The summed E-state index contributed by atoms with van der Waals surface area (Å²) in [5.74, 6) is 1.05. The van der Waals surface area contributed by atoms with E-state index in [1.807, 2.05) is 13.1 Å². The molecule has 19 heavy (non-hydrogen) atoms. The van der Waals surface area contributed by atoms with Gasteiger partial charge in [-0.25, -0.2) is 0 Å². The van der Waals surface area contributed by atoms with Gasteiger partial charge in [0.05, 0.1) is 6.10 Å². The van der Waals surface area contributed by atoms with Crippen molar-refractivity contribution in [2.45, 2.75) is 70.6 Å². The Hall–Kier alpha value is -1.09. The van der Waals surface area contributed by atoms with Crippen molar-refractivity contribution in [1.29, 1.82) is 0 Å². The summed E-state index contributed by atoms with van der Waals surface area (Å²) in [6, 6.07) is 2.82. The monoisotopic (exact) mass is 260 g/mol. The molecular weight excluding hydrogens is 236 g/mol. The van der Waals surface area contributed by atoms with E-state index in [2.05, 4.69) is 16.4 Å². The molecule has 0 unspecified atom stereocenters. The number of hydrogen-bond donors (Lipinski definition) is 1. The van der Waals surface area contributed by atoms with Gasteiger partial charge in [0.15, 0.2) is 0 Å². The van der Waals surface area contributed by atoms with E-state index in [9.17, 15) is 0 Å². The van der Waals surface area contributed by atoms with Crippen molar-refractivity contribution < 1.29 is 4.74 Å². The van der Waals surface area contributed by atoms with Crippen LogP contribution in [-0.2, 0) is 6.54 Å².